The second kappa shape index (κ2) is 6.18. The monoisotopic (exact) mass is 293 g/mol. The van der Waals surface area contributed by atoms with Crippen molar-refractivity contribution < 1.29 is 22.6 Å². The van der Waals surface area contributed by atoms with Gasteiger partial charge in [-0.2, -0.15) is 0 Å². The van der Waals surface area contributed by atoms with Crippen molar-refractivity contribution in [3.05, 3.63) is 65.5 Å². The Kier molecular flexibility index (Phi) is 4.33. The van der Waals surface area contributed by atoms with Crippen LogP contribution in [0.1, 0.15) is 5.56 Å². The Labute approximate surface area is 119 Å². The van der Waals surface area contributed by atoms with E-state index in [4.69, 9.17) is 11.3 Å². The van der Waals surface area contributed by atoms with Crippen molar-refractivity contribution >= 4 is 5.69 Å². The summed E-state index contributed by atoms with van der Waals surface area (Å²) in [4.78, 5) is 3.28. The lowest BCUT2D eigenvalue weighted by Gasteiger charge is -2.10. The fraction of sp³-hybridized carbons (Fsp3) is 0.133. The number of ether oxygens (including phenoxy) is 2. The summed E-state index contributed by atoms with van der Waals surface area (Å²) in [6.07, 6.45) is -4.70. The van der Waals surface area contributed by atoms with Gasteiger partial charge in [0.2, 0.25) is 0 Å². The summed E-state index contributed by atoms with van der Waals surface area (Å²) in [5, 5.41) is 0. The second-order valence-electron chi connectivity index (χ2n) is 4.09. The van der Waals surface area contributed by atoms with Gasteiger partial charge in [-0.3, -0.25) is 0 Å². The molecule has 0 spiro atoms. The van der Waals surface area contributed by atoms with Crippen molar-refractivity contribution in [3.63, 3.8) is 0 Å². The molecule has 0 aliphatic carbocycles. The smallest absolute Gasteiger partial charge is 0.490 e. The average Bonchev–Trinajstić information content (AvgIpc) is 2.45. The van der Waals surface area contributed by atoms with Gasteiger partial charge in [-0.05, 0) is 29.8 Å². The van der Waals surface area contributed by atoms with E-state index in [1.54, 1.807) is 24.3 Å². The van der Waals surface area contributed by atoms with Gasteiger partial charge < -0.3 is 9.47 Å². The molecule has 0 amide bonds. The molecule has 2 rings (SSSR count). The Morgan fingerprint density at radius 1 is 1.00 bits per heavy atom. The molecule has 0 radical (unpaired) electrons. The van der Waals surface area contributed by atoms with Crippen LogP contribution in [0.5, 0.6) is 11.5 Å². The first-order valence-corrected chi connectivity index (χ1v) is 5.91. The van der Waals surface area contributed by atoms with E-state index in [0.717, 1.165) is 0 Å². The molecular weight excluding hydrogens is 283 g/mol. The van der Waals surface area contributed by atoms with Crippen molar-refractivity contribution in [2.24, 2.45) is 0 Å². The summed E-state index contributed by atoms with van der Waals surface area (Å²) in [5.41, 5.74) is 1.15. The highest BCUT2D eigenvalue weighted by Crippen LogP contribution is 2.24. The zero-order valence-corrected chi connectivity index (χ0v) is 10.7. The number of hydrogen-bond acceptors (Lipinski definition) is 2. The number of alkyl halides is 3. The van der Waals surface area contributed by atoms with Gasteiger partial charge in [0.1, 0.15) is 18.1 Å². The molecule has 0 heterocycles. The highest BCUT2D eigenvalue weighted by molar-refractivity contribution is 5.48. The Balaban J connectivity index is 1.96. The summed E-state index contributed by atoms with van der Waals surface area (Å²) in [6.45, 7) is 7.08. The number of nitrogens with zero attached hydrogens (tertiary/aromatic N) is 1. The molecule has 0 fully saturated rings. The van der Waals surface area contributed by atoms with Crippen LogP contribution >= 0.6 is 0 Å². The van der Waals surface area contributed by atoms with Gasteiger partial charge in [-0.1, -0.05) is 24.3 Å². The topological polar surface area (TPSA) is 22.8 Å². The normalized spacial score (nSPS) is 10.8. The van der Waals surface area contributed by atoms with Crippen LogP contribution in [0, 0.1) is 6.57 Å². The van der Waals surface area contributed by atoms with Gasteiger partial charge in [0.05, 0.1) is 6.57 Å². The van der Waals surface area contributed by atoms with Crippen molar-refractivity contribution in [1.29, 1.82) is 0 Å². The van der Waals surface area contributed by atoms with E-state index in [0.29, 0.717) is 17.0 Å². The van der Waals surface area contributed by atoms with E-state index in [1.807, 2.05) is 0 Å². The Bertz CT molecular complexity index is 645. The van der Waals surface area contributed by atoms with E-state index in [1.165, 1.54) is 24.3 Å². The first-order chi connectivity index (χ1) is 9.96. The molecule has 0 aromatic heterocycles. The maximum Gasteiger partial charge on any atom is 0.573 e. The Hall–Kier alpha value is -2.68. The highest BCUT2D eigenvalue weighted by Gasteiger charge is 2.30. The molecular formula is C15H10F3NO2. The molecule has 0 saturated heterocycles. The van der Waals surface area contributed by atoms with Crippen LogP contribution in [-0.2, 0) is 6.61 Å². The molecule has 0 aliphatic rings. The maximum absolute atomic E-state index is 12.0. The molecule has 0 aliphatic heterocycles. The van der Waals surface area contributed by atoms with Crippen molar-refractivity contribution in [2.75, 3.05) is 0 Å². The third kappa shape index (κ3) is 4.73. The number of rotatable bonds is 4. The van der Waals surface area contributed by atoms with Crippen LogP contribution in [0.2, 0.25) is 0 Å². The van der Waals surface area contributed by atoms with Crippen LogP contribution < -0.4 is 9.47 Å². The quantitative estimate of drug-likeness (QED) is 0.761. The lowest BCUT2D eigenvalue weighted by molar-refractivity contribution is -0.274. The van der Waals surface area contributed by atoms with Gasteiger partial charge in [-0.25, -0.2) is 4.85 Å². The molecule has 3 nitrogen and oxygen atoms in total. The van der Waals surface area contributed by atoms with Crippen LogP contribution in [0.15, 0.2) is 48.5 Å². The SMILES string of the molecule is [C-]#[N+]c1cccc(OCc2ccc(OC(F)(F)F)cc2)c1. The Morgan fingerprint density at radius 2 is 1.71 bits per heavy atom. The van der Waals surface area contributed by atoms with Crippen LogP contribution in [0.25, 0.3) is 4.85 Å². The number of halogens is 3. The maximum atomic E-state index is 12.0. The standard InChI is InChI=1S/C15H10F3NO2/c1-19-12-3-2-4-14(9-12)20-10-11-5-7-13(8-6-11)21-15(16,17)18/h2-9H,10H2. The average molecular weight is 293 g/mol. The first kappa shape index (κ1) is 14.7. The third-order valence-corrected chi connectivity index (χ3v) is 2.51. The van der Waals surface area contributed by atoms with E-state index in [-0.39, 0.29) is 12.4 Å². The zero-order chi connectivity index (χ0) is 15.3. The summed E-state index contributed by atoms with van der Waals surface area (Å²) < 4.78 is 45.3. The van der Waals surface area contributed by atoms with Gasteiger partial charge in [0, 0.05) is 0 Å². The van der Waals surface area contributed by atoms with Crippen molar-refractivity contribution in [2.45, 2.75) is 13.0 Å². The molecule has 0 saturated carbocycles. The molecule has 0 bridgehead atoms. The van der Waals surface area contributed by atoms with Crippen LogP contribution in [0.3, 0.4) is 0 Å². The lowest BCUT2D eigenvalue weighted by atomic mass is 10.2. The molecule has 0 unspecified atom stereocenters. The minimum absolute atomic E-state index is 0.188. The molecule has 6 heteroatoms. The largest absolute Gasteiger partial charge is 0.573 e. The van der Waals surface area contributed by atoms with Gasteiger partial charge >= 0.3 is 6.36 Å². The minimum Gasteiger partial charge on any atom is -0.490 e. The summed E-state index contributed by atoms with van der Waals surface area (Å²) in [5.74, 6) is 0.250. The fourth-order valence-corrected chi connectivity index (χ4v) is 1.60. The fourth-order valence-electron chi connectivity index (χ4n) is 1.60. The first-order valence-electron chi connectivity index (χ1n) is 5.91. The van der Waals surface area contributed by atoms with Crippen molar-refractivity contribution in [3.8, 4) is 11.5 Å². The Morgan fingerprint density at radius 3 is 2.33 bits per heavy atom. The predicted molar refractivity (Wildman–Crippen MR) is 70.2 cm³/mol. The highest BCUT2D eigenvalue weighted by atomic mass is 19.4. The molecule has 2 aromatic rings. The summed E-state index contributed by atoms with van der Waals surface area (Å²) >= 11 is 0. The van der Waals surface area contributed by atoms with Gasteiger partial charge in [0.25, 0.3) is 0 Å². The molecule has 2 aromatic carbocycles. The van der Waals surface area contributed by atoms with E-state index >= 15 is 0 Å². The lowest BCUT2D eigenvalue weighted by Crippen LogP contribution is -2.17. The summed E-state index contributed by atoms with van der Waals surface area (Å²) in [6, 6.07) is 12.1. The van der Waals surface area contributed by atoms with E-state index < -0.39 is 6.36 Å². The van der Waals surface area contributed by atoms with E-state index in [2.05, 4.69) is 9.58 Å². The van der Waals surface area contributed by atoms with Crippen LogP contribution in [-0.4, -0.2) is 6.36 Å². The second-order valence-corrected chi connectivity index (χ2v) is 4.09. The molecule has 0 N–H and O–H groups in total. The van der Waals surface area contributed by atoms with Crippen molar-refractivity contribution in [1.82, 2.24) is 0 Å². The van der Waals surface area contributed by atoms with Crippen LogP contribution in [0.4, 0.5) is 18.9 Å². The molecule has 21 heavy (non-hydrogen) atoms. The third-order valence-electron chi connectivity index (χ3n) is 2.51. The van der Waals surface area contributed by atoms with Gasteiger partial charge in [-0.15, -0.1) is 13.2 Å². The summed E-state index contributed by atoms with van der Waals surface area (Å²) in [7, 11) is 0. The van der Waals surface area contributed by atoms with Gasteiger partial charge in [0.15, 0.2) is 5.69 Å². The minimum atomic E-state index is -4.70. The number of benzene rings is 2. The predicted octanol–water partition coefficient (Wildman–Crippen LogP) is 4.71. The zero-order valence-electron chi connectivity index (χ0n) is 10.7. The molecule has 108 valence electrons. The number of hydrogen-bond donors (Lipinski definition) is 0. The molecule has 0 atom stereocenters. The van der Waals surface area contributed by atoms with E-state index in [9.17, 15) is 13.2 Å².